The summed E-state index contributed by atoms with van der Waals surface area (Å²) in [6.45, 7) is 7.23. The SMILES string of the molecule is CCNC(=O)COc1c(Cl)cccc1CNC(C)C. The molecular formula is C14H21ClN2O2. The molecule has 4 nitrogen and oxygen atoms in total. The van der Waals surface area contributed by atoms with Gasteiger partial charge in [0.15, 0.2) is 6.61 Å². The van der Waals surface area contributed by atoms with Crippen LogP contribution in [0.2, 0.25) is 5.02 Å². The van der Waals surface area contributed by atoms with Crippen LogP contribution in [0.3, 0.4) is 0 Å². The van der Waals surface area contributed by atoms with Crippen LogP contribution in [0.5, 0.6) is 5.75 Å². The van der Waals surface area contributed by atoms with Crippen molar-refractivity contribution in [3.63, 3.8) is 0 Å². The maximum absolute atomic E-state index is 11.4. The van der Waals surface area contributed by atoms with Gasteiger partial charge in [-0.15, -0.1) is 0 Å². The number of para-hydroxylation sites is 1. The first-order valence-electron chi connectivity index (χ1n) is 6.44. The Morgan fingerprint density at radius 2 is 2.16 bits per heavy atom. The molecule has 0 heterocycles. The fourth-order valence-corrected chi connectivity index (χ4v) is 1.80. The highest BCUT2D eigenvalue weighted by Crippen LogP contribution is 2.28. The van der Waals surface area contributed by atoms with Crippen molar-refractivity contribution in [2.75, 3.05) is 13.2 Å². The van der Waals surface area contributed by atoms with Gasteiger partial charge in [-0.3, -0.25) is 4.79 Å². The molecule has 0 fully saturated rings. The van der Waals surface area contributed by atoms with E-state index < -0.39 is 0 Å². The molecule has 2 N–H and O–H groups in total. The van der Waals surface area contributed by atoms with Gasteiger partial charge in [0.05, 0.1) is 5.02 Å². The second kappa shape index (κ2) is 8.02. The quantitative estimate of drug-likeness (QED) is 0.808. The molecule has 1 amide bonds. The molecule has 106 valence electrons. The zero-order valence-corrected chi connectivity index (χ0v) is 12.4. The third-order valence-electron chi connectivity index (χ3n) is 2.47. The number of nitrogens with one attached hydrogen (secondary N) is 2. The smallest absolute Gasteiger partial charge is 0.257 e. The molecule has 5 heteroatoms. The molecule has 0 saturated carbocycles. The summed E-state index contributed by atoms with van der Waals surface area (Å²) in [4.78, 5) is 11.4. The summed E-state index contributed by atoms with van der Waals surface area (Å²) in [5.74, 6) is 0.425. The molecule has 19 heavy (non-hydrogen) atoms. The zero-order valence-electron chi connectivity index (χ0n) is 11.6. The minimum Gasteiger partial charge on any atom is -0.482 e. The van der Waals surface area contributed by atoms with Crippen LogP contribution in [0, 0.1) is 0 Å². The second-order valence-corrected chi connectivity index (χ2v) is 4.91. The van der Waals surface area contributed by atoms with Crippen LogP contribution in [0.4, 0.5) is 0 Å². The molecule has 0 aliphatic rings. The van der Waals surface area contributed by atoms with E-state index in [-0.39, 0.29) is 12.5 Å². The van der Waals surface area contributed by atoms with Crippen LogP contribution >= 0.6 is 11.6 Å². The monoisotopic (exact) mass is 284 g/mol. The van der Waals surface area contributed by atoms with E-state index in [0.717, 1.165) is 5.56 Å². The van der Waals surface area contributed by atoms with Crippen molar-refractivity contribution in [1.82, 2.24) is 10.6 Å². The average molecular weight is 285 g/mol. The molecule has 0 spiro atoms. The minimum absolute atomic E-state index is 0.0216. The molecule has 0 radical (unpaired) electrons. The largest absolute Gasteiger partial charge is 0.482 e. The number of ether oxygens (including phenoxy) is 1. The minimum atomic E-state index is -0.148. The molecule has 0 aliphatic carbocycles. The summed E-state index contributed by atoms with van der Waals surface area (Å²) in [6.07, 6.45) is 0. The van der Waals surface area contributed by atoms with Crippen LogP contribution < -0.4 is 15.4 Å². The lowest BCUT2D eigenvalue weighted by molar-refractivity contribution is -0.122. The fraction of sp³-hybridized carbons (Fsp3) is 0.500. The van der Waals surface area contributed by atoms with Crippen LogP contribution in [0.25, 0.3) is 0 Å². The summed E-state index contributed by atoms with van der Waals surface area (Å²) in [7, 11) is 0. The normalized spacial score (nSPS) is 10.6. The van der Waals surface area contributed by atoms with E-state index in [1.807, 2.05) is 19.1 Å². The Bertz CT molecular complexity index is 422. The standard InChI is InChI=1S/C14H21ClN2O2/c1-4-16-13(18)9-19-14-11(8-17-10(2)3)6-5-7-12(14)15/h5-7,10,17H,4,8-9H2,1-3H3,(H,16,18). The number of likely N-dealkylation sites (N-methyl/N-ethyl adjacent to an activating group) is 1. The molecule has 1 aromatic rings. The second-order valence-electron chi connectivity index (χ2n) is 4.51. The van der Waals surface area contributed by atoms with Crippen LogP contribution in [0.15, 0.2) is 18.2 Å². The maximum atomic E-state index is 11.4. The first-order chi connectivity index (χ1) is 9.04. The van der Waals surface area contributed by atoms with E-state index in [2.05, 4.69) is 24.5 Å². The van der Waals surface area contributed by atoms with Gasteiger partial charge in [0.25, 0.3) is 5.91 Å². The van der Waals surface area contributed by atoms with Crippen LogP contribution in [-0.4, -0.2) is 25.1 Å². The topological polar surface area (TPSA) is 50.4 Å². The molecular weight excluding hydrogens is 264 g/mol. The lowest BCUT2D eigenvalue weighted by atomic mass is 10.2. The number of hydrogen-bond acceptors (Lipinski definition) is 3. The number of carbonyl (C=O) groups is 1. The fourth-order valence-electron chi connectivity index (χ4n) is 1.55. The number of rotatable bonds is 7. The van der Waals surface area contributed by atoms with Gasteiger partial charge in [0.1, 0.15) is 5.75 Å². The van der Waals surface area contributed by atoms with Crippen molar-refractivity contribution in [2.45, 2.75) is 33.4 Å². The Morgan fingerprint density at radius 1 is 1.42 bits per heavy atom. The molecule has 0 unspecified atom stereocenters. The van der Waals surface area contributed by atoms with Gasteiger partial charge in [-0.25, -0.2) is 0 Å². The lowest BCUT2D eigenvalue weighted by Crippen LogP contribution is -2.29. The van der Waals surface area contributed by atoms with Gasteiger partial charge in [-0.05, 0) is 13.0 Å². The van der Waals surface area contributed by atoms with Gasteiger partial charge >= 0.3 is 0 Å². The van der Waals surface area contributed by atoms with E-state index in [0.29, 0.717) is 29.9 Å². The van der Waals surface area contributed by atoms with Crippen molar-refractivity contribution < 1.29 is 9.53 Å². The average Bonchev–Trinajstić information content (AvgIpc) is 2.35. The highest BCUT2D eigenvalue weighted by Gasteiger charge is 2.10. The Morgan fingerprint density at radius 3 is 2.79 bits per heavy atom. The van der Waals surface area contributed by atoms with E-state index in [1.54, 1.807) is 6.07 Å². The third-order valence-corrected chi connectivity index (χ3v) is 2.77. The van der Waals surface area contributed by atoms with Crippen molar-refractivity contribution in [2.24, 2.45) is 0 Å². The molecule has 0 aromatic heterocycles. The van der Waals surface area contributed by atoms with Crippen molar-refractivity contribution in [3.05, 3.63) is 28.8 Å². The number of halogens is 1. The maximum Gasteiger partial charge on any atom is 0.257 e. The van der Waals surface area contributed by atoms with Crippen molar-refractivity contribution in [1.29, 1.82) is 0 Å². The van der Waals surface area contributed by atoms with Gasteiger partial charge in [-0.1, -0.05) is 37.6 Å². The van der Waals surface area contributed by atoms with E-state index in [1.165, 1.54) is 0 Å². The number of carbonyl (C=O) groups excluding carboxylic acids is 1. The summed E-state index contributed by atoms with van der Waals surface area (Å²) >= 11 is 6.12. The Balaban J connectivity index is 2.71. The van der Waals surface area contributed by atoms with Crippen LogP contribution in [-0.2, 0) is 11.3 Å². The number of benzene rings is 1. The Hall–Kier alpha value is -1.26. The number of amides is 1. The highest BCUT2D eigenvalue weighted by molar-refractivity contribution is 6.32. The molecule has 0 bridgehead atoms. The van der Waals surface area contributed by atoms with Gasteiger partial charge in [-0.2, -0.15) is 0 Å². The first kappa shape index (κ1) is 15.8. The van der Waals surface area contributed by atoms with Crippen LogP contribution in [0.1, 0.15) is 26.3 Å². The predicted molar refractivity (Wildman–Crippen MR) is 77.6 cm³/mol. The summed E-state index contributed by atoms with van der Waals surface area (Å²) in [5.41, 5.74) is 0.950. The zero-order chi connectivity index (χ0) is 14.3. The summed E-state index contributed by atoms with van der Waals surface area (Å²) in [5, 5.41) is 6.51. The van der Waals surface area contributed by atoms with Gasteiger partial charge in [0, 0.05) is 24.7 Å². The Labute approximate surface area is 119 Å². The van der Waals surface area contributed by atoms with Crippen molar-refractivity contribution >= 4 is 17.5 Å². The molecule has 1 rings (SSSR count). The third kappa shape index (κ3) is 5.49. The first-order valence-corrected chi connectivity index (χ1v) is 6.82. The van der Waals surface area contributed by atoms with Gasteiger partial charge < -0.3 is 15.4 Å². The van der Waals surface area contributed by atoms with E-state index in [9.17, 15) is 4.79 Å². The molecule has 1 aromatic carbocycles. The summed E-state index contributed by atoms with van der Waals surface area (Å²) in [6, 6.07) is 5.94. The Kier molecular flexibility index (Phi) is 6.67. The number of hydrogen-bond donors (Lipinski definition) is 2. The van der Waals surface area contributed by atoms with Gasteiger partial charge in [0.2, 0.25) is 0 Å². The van der Waals surface area contributed by atoms with E-state index in [4.69, 9.17) is 16.3 Å². The van der Waals surface area contributed by atoms with E-state index >= 15 is 0 Å². The lowest BCUT2D eigenvalue weighted by Gasteiger charge is -2.14. The predicted octanol–water partition coefficient (Wildman–Crippen LogP) is 2.35. The molecule has 0 saturated heterocycles. The van der Waals surface area contributed by atoms with Crippen molar-refractivity contribution in [3.8, 4) is 5.75 Å². The molecule has 0 atom stereocenters. The molecule has 0 aliphatic heterocycles. The highest BCUT2D eigenvalue weighted by atomic mass is 35.5. The summed E-state index contributed by atoms with van der Waals surface area (Å²) < 4.78 is 5.53.